The fourth-order valence-electron chi connectivity index (χ4n) is 2.55. The first kappa shape index (κ1) is 20.2. The number of nitrogens with zero attached hydrogens (tertiary/aromatic N) is 4. The fraction of sp³-hybridized carbons (Fsp3) is 0.562. The summed E-state index contributed by atoms with van der Waals surface area (Å²) in [5, 5.41) is 9.60. The number of aromatic nitrogens is 2. The topological polar surface area (TPSA) is 92.7 Å². The number of anilines is 1. The Kier molecular flexibility index (Phi) is 6.77. The summed E-state index contributed by atoms with van der Waals surface area (Å²) < 4.78 is 5.44. The van der Waals surface area contributed by atoms with E-state index in [0.29, 0.717) is 22.5 Å². The Morgan fingerprint density at radius 2 is 2.19 bits per heavy atom. The second-order valence-corrected chi connectivity index (χ2v) is 9.31. The molecule has 1 aliphatic heterocycles. The number of carbonyl (C=O) groups is 3. The van der Waals surface area contributed by atoms with Gasteiger partial charge in [0.15, 0.2) is 4.34 Å². The lowest BCUT2D eigenvalue weighted by atomic mass is 10.4. The molecule has 0 spiro atoms. The molecule has 2 aliphatic rings. The van der Waals surface area contributed by atoms with Gasteiger partial charge in [-0.1, -0.05) is 34.9 Å². The minimum absolute atomic E-state index is 0.000104. The third-order valence-electron chi connectivity index (χ3n) is 3.96. The minimum atomic E-state index is -0.460. The average molecular weight is 429 g/mol. The molecule has 0 bridgehead atoms. The summed E-state index contributed by atoms with van der Waals surface area (Å²) in [6, 6.07) is 0.270. The van der Waals surface area contributed by atoms with Crippen molar-refractivity contribution in [2.45, 2.75) is 36.6 Å². The highest BCUT2D eigenvalue weighted by Crippen LogP contribution is 2.36. The van der Waals surface area contributed by atoms with Gasteiger partial charge in [-0.3, -0.25) is 14.5 Å². The van der Waals surface area contributed by atoms with Crippen molar-refractivity contribution in [3.05, 3.63) is 11.1 Å². The number of rotatable bonds is 8. The molecule has 0 N–H and O–H groups in total. The van der Waals surface area contributed by atoms with Crippen molar-refractivity contribution in [3.63, 3.8) is 0 Å². The van der Waals surface area contributed by atoms with E-state index < -0.39 is 5.97 Å². The molecule has 1 saturated carbocycles. The Morgan fingerprint density at radius 3 is 2.85 bits per heavy atom. The van der Waals surface area contributed by atoms with Crippen LogP contribution in [0.15, 0.2) is 15.4 Å². The summed E-state index contributed by atoms with van der Waals surface area (Å²) >= 11 is 4.33. The zero-order chi connectivity index (χ0) is 19.4. The van der Waals surface area contributed by atoms with Crippen LogP contribution in [0.5, 0.6) is 0 Å². The lowest BCUT2D eigenvalue weighted by Crippen LogP contribution is -2.30. The van der Waals surface area contributed by atoms with Crippen molar-refractivity contribution in [1.82, 2.24) is 15.1 Å². The van der Waals surface area contributed by atoms with E-state index in [9.17, 15) is 14.4 Å². The Hall–Kier alpha value is -1.59. The van der Waals surface area contributed by atoms with Crippen molar-refractivity contribution < 1.29 is 19.1 Å². The SMILES string of the molecule is COC(=O)/C=C1/SCC(=O)N1CCCSc1nnc(N(C(C)=O)C2CC2)s1. The first-order valence-corrected chi connectivity index (χ1v) is 11.3. The number of amides is 2. The highest BCUT2D eigenvalue weighted by molar-refractivity contribution is 8.04. The van der Waals surface area contributed by atoms with E-state index in [2.05, 4.69) is 14.9 Å². The van der Waals surface area contributed by atoms with E-state index in [0.717, 1.165) is 29.4 Å². The number of hydrogen-bond acceptors (Lipinski definition) is 9. The van der Waals surface area contributed by atoms with Gasteiger partial charge in [0.25, 0.3) is 0 Å². The molecule has 1 aliphatic carbocycles. The minimum Gasteiger partial charge on any atom is -0.466 e. The maximum absolute atomic E-state index is 12.0. The quantitative estimate of drug-likeness (QED) is 0.204. The molecule has 8 nitrogen and oxygen atoms in total. The monoisotopic (exact) mass is 428 g/mol. The summed E-state index contributed by atoms with van der Waals surface area (Å²) in [7, 11) is 1.31. The molecular formula is C16H20N4O4S3. The third-order valence-corrected chi connectivity index (χ3v) is 7.13. The molecule has 3 rings (SSSR count). The molecular weight excluding hydrogens is 408 g/mol. The van der Waals surface area contributed by atoms with Crippen molar-refractivity contribution in [2.75, 3.05) is 30.1 Å². The molecule has 1 aromatic rings. The molecule has 0 aromatic carbocycles. The van der Waals surface area contributed by atoms with E-state index in [-0.39, 0.29) is 17.9 Å². The van der Waals surface area contributed by atoms with Crippen LogP contribution in [0.2, 0.25) is 0 Å². The lowest BCUT2D eigenvalue weighted by molar-refractivity contribution is -0.134. The van der Waals surface area contributed by atoms with E-state index in [4.69, 9.17) is 0 Å². The Labute approximate surface area is 169 Å². The van der Waals surface area contributed by atoms with Gasteiger partial charge in [0.2, 0.25) is 16.9 Å². The molecule has 146 valence electrons. The summed E-state index contributed by atoms with van der Waals surface area (Å²) in [6.45, 7) is 2.09. The lowest BCUT2D eigenvalue weighted by Gasteiger charge is -2.16. The van der Waals surface area contributed by atoms with E-state index in [1.54, 1.807) is 28.5 Å². The number of methoxy groups -OCH3 is 1. The second-order valence-electron chi connectivity index (χ2n) is 6.01. The van der Waals surface area contributed by atoms with Gasteiger partial charge in [-0.15, -0.1) is 10.2 Å². The van der Waals surface area contributed by atoms with Gasteiger partial charge >= 0.3 is 5.97 Å². The van der Waals surface area contributed by atoms with Crippen LogP contribution in [-0.4, -0.2) is 64.1 Å². The number of ether oxygens (including phenoxy) is 1. The van der Waals surface area contributed by atoms with Gasteiger partial charge in [0, 0.05) is 25.3 Å². The van der Waals surface area contributed by atoms with Crippen LogP contribution in [0.1, 0.15) is 26.2 Å². The van der Waals surface area contributed by atoms with Gasteiger partial charge in [-0.05, 0) is 19.3 Å². The zero-order valence-electron chi connectivity index (χ0n) is 15.0. The van der Waals surface area contributed by atoms with Crippen LogP contribution in [0.3, 0.4) is 0 Å². The zero-order valence-corrected chi connectivity index (χ0v) is 17.5. The Balaban J connectivity index is 1.49. The molecule has 2 fully saturated rings. The van der Waals surface area contributed by atoms with Crippen LogP contribution in [-0.2, 0) is 19.1 Å². The van der Waals surface area contributed by atoms with Gasteiger partial charge in [-0.2, -0.15) is 0 Å². The molecule has 0 radical (unpaired) electrons. The van der Waals surface area contributed by atoms with Crippen molar-refractivity contribution in [1.29, 1.82) is 0 Å². The first-order valence-electron chi connectivity index (χ1n) is 8.48. The Morgan fingerprint density at radius 1 is 1.41 bits per heavy atom. The molecule has 11 heteroatoms. The predicted molar refractivity (Wildman–Crippen MR) is 106 cm³/mol. The van der Waals surface area contributed by atoms with Crippen LogP contribution in [0.4, 0.5) is 5.13 Å². The maximum atomic E-state index is 12.0. The van der Waals surface area contributed by atoms with E-state index >= 15 is 0 Å². The molecule has 27 heavy (non-hydrogen) atoms. The molecule has 2 amide bonds. The standard InChI is InChI=1S/C16H20N4O4S3/c1-10(21)20(11-4-5-11)15-17-18-16(27-15)25-7-3-6-19-12(22)9-26-13(19)8-14(23)24-2/h8,11H,3-7,9H2,1-2H3/b13-8+. The van der Waals surface area contributed by atoms with Crippen LogP contribution in [0, 0.1) is 0 Å². The van der Waals surface area contributed by atoms with Gasteiger partial charge in [0.1, 0.15) is 0 Å². The summed E-state index contributed by atoms with van der Waals surface area (Å²) in [5.41, 5.74) is 0. The smallest absolute Gasteiger partial charge is 0.333 e. The maximum Gasteiger partial charge on any atom is 0.333 e. The van der Waals surface area contributed by atoms with Crippen LogP contribution < -0.4 is 4.90 Å². The fourth-order valence-corrected chi connectivity index (χ4v) is 5.46. The van der Waals surface area contributed by atoms with Gasteiger partial charge in [0.05, 0.1) is 24.0 Å². The van der Waals surface area contributed by atoms with Crippen LogP contribution in [0.25, 0.3) is 0 Å². The summed E-state index contributed by atoms with van der Waals surface area (Å²) in [6.07, 6.45) is 4.15. The highest BCUT2D eigenvalue weighted by atomic mass is 32.2. The molecule has 0 atom stereocenters. The second kappa shape index (κ2) is 9.07. The van der Waals surface area contributed by atoms with Gasteiger partial charge in [-0.25, -0.2) is 4.79 Å². The number of thioether (sulfide) groups is 2. The molecule has 0 unspecified atom stereocenters. The number of hydrogen-bond donors (Lipinski definition) is 0. The number of carbonyl (C=O) groups excluding carboxylic acids is 3. The van der Waals surface area contributed by atoms with Crippen molar-refractivity contribution in [3.8, 4) is 0 Å². The van der Waals surface area contributed by atoms with E-state index in [1.807, 2.05) is 0 Å². The highest BCUT2D eigenvalue weighted by Gasteiger charge is 2.34. The largest absolute Gasteiger partial charge is 0.466 e. The first-order chi connectivity index (χ1) is 13.0. The summed E-state index contributed by atoms with van der Waals surface area (Å²) in [5.74, 6) is 0.647. The normalized spacial score (nSPS) is 18.2. The summed E-state index contributed by atoms with van der Waals surface area (Å²) in [4.78, 5) is 38.5. The van der Waals surface area contributed by atoms with Crippen LogP contribution >= 0.6 is 34.9 Å². The molecule has 2 heterocycles. The molecule has 1 aromatic heterocycles. The van der Waals surface area contributed by atoms with Gasteiger partial charge < -0.3 is 9.64 Å². The molecule has 1 saturated heterocycles. The Bertz CT molecular complexity index is 763. The van der Waals surface area contributed by atoms with Crippen molar-refractivity contribution in [2.24, 2.45) is 0 Å². The van der Waals surface area contributed by atoms with E-state index in [1.165, 1.54) is 36.3 Å². The third kappa shape index (κ3) is 5.23. The average Bonchev–Trinajstić information content (AvgIpc) is 3.25. The predicted octanol–water partition coefficient (Wildman–Crippen LogP) is 2.13. The number of esters is 1. The van der Waals surface area contributed by atoms with Crippen molar-refractivity contribution >= 4 is 57.8 Å².